The first-order valence-electron chi connectivity index (χ1n) is 5.05. The molecule has 2 rings (SSSR count). The quantitative estimate of drug-likeness (QED) is 0.790. The molecule has 0 aromatic carbocycles. The molecule has 3 atom stereocenters. The summed E-state index contributed by atoms with van der Waals surface area (Å²) in [6.45, 7) is 0. The van der Waals surface area contributed by atoms with Gasteiger partial charge >= 0.3 is 0 Å². The second-order valence-electron chi connectivity index (χ2n) is 4.16. The van der Waals surface area contributed by atoms with Crippen molar-refractivity contribution in [2.75, 3.05) is 0 Å². The van der Waals surface area contributed by atoms with E-state index in [-0.39, 0.29) is 0 Å². The molecule has 0 heterocycles. The summed E-state index contributed by atoms with van der Waals surface area (Å²) in [4.78, 5) is 0. The molecule has 0 amide bonds. The second kappa shape index (κ2) is 3.87. The zero-order valence-corrected chi connectivity index (χ0v) is 9.33. The van der Waals surface area contributed by atoms with Crippen LogP contribution in [-0.4, -0.2) is 0 Å². The van der Waals surface area contributed by atoms with Crippen molar-refractivity contribution >= 4 is 15.9 Å². The molecule has 13 heavy (non-hydrogen) atoms. The number of hydrogen-bond donors (Lipinski definition) is 1. The van der Waals surface area contributed by atoms with E-state index in [1.165, 1.54) is 23.7 Å². The van der Waals surface area contributed by atoms with Crippen LogP contribution in [0, 0.1) is 17.8 Å². The number of hydrogen-bond acceptors (Lipinski definition) is 1. The Labute approximate surface area is 88.2 Å². The van der Waals surface area contributed by atoms with Gasteiger partial charge in [0.15, 0.2) is 0 Å². The fraction of sp³-hybridized carbons (Fsp3) is 0.636. The number of rotatable bonds is 2. The van der Waals surface area contributed by atoms with Gasteiger partial charge in [0.05, 0.1) is 0 Å². The van der Waals surface area contributed by atoms with Crippen molar-refractivity contribution in [3.63, 3.8) is 0 Å². The molecule has 3 unspecified atom stereocenters. The number of fused-ring (bicyclic) bond motifs is 2. The van der Waals surface area contributed by atoms with Crippen molar-refractivity contribution in [3.05, 3.63) is 22.8 Å². The van der Waals surface area contributed by atoms with E-state index in [1.54, 1.807) is 6.20 Å². The predicted octanol–water partition coefficient (Wildman–Crippen LogP) is 3.17. The summed E-state index contributed by atoms with van der Waals surface area (Å²) in [5, 5.41) is 0. The minimum Gasteiger partial charge on any atom is -0.405 e. The smallest absolute Gasteiger partial charge is 0.00350 e. The van der Waals surface area contributed by atoms with E-state index >= 15 is 0 Å². The van der Waals surface area contributed by atoms with Crippen LogP contribution in [0.25, 0.3) is 0 Å². The summed E-state index contributed by atoms with van der Waals surface area (Å²) in [6, 6.07) is 0. The maximum atomic E-state index is 5.37. The zero-order valence-electron chi connectivity index (χ0n) is 7.75. The van der Waals surface area contributed by atoms with Crippen molar-refractivity contribution in [1.29, 1.82) is 0 Å². The van der Waals surface area contributed by atoms with E-state index in [9.17, 15) is 0 Å². The van der Waals surface area contributed by atoms with Crippen molar-refractivity contribution < 1.29 is 0 Å². The van der Waals surface area contributed by atoms with Gasteiger partial charge < -0.3 is 5.73 Å². The SMILES string of the molecule is N/C=C/CC1C(Br)=CC2CCC1C2. The van der Waals surface area contributed by atoms with Gasteiger partial charge in [0.2, 0.25) is 0 Å². The topological polar surface area (TPSA) is 26.0 Å². The van der Waals surface area contributed by atoms with Crippen molar-refractivity contribution in [2.45, 2.75) is 25.7 Å². The minimum absolute atomic E-state index is 0.707. The van der Waals surface area contributed by atoms with Gasteiger partial charge in [0.1, 0.15) is 0 Å². The van der Waals surface area contributed by atoms with E-state index in [0.717, 1.165) is 18.3 Å². The van der Waals surface area contributed by atoms with Gasteiger partial charge in [-0.25, -0.2) is 0 Å². The molecule has 0 aromatic rings. The molecule has 72 valence electrons. The summed E-state index contributed by atoms with van der Waals surface area (Å²) in [5.74, 6) is 2.47. The fourth-order valence-electron chi connectivity index (χ4n) is 2.67. The highest BCUT2D eigenvalue weighted by molar-refractivity contribution is 9.11. The van der Waals surface area contributed by atoms with Crippen LogP contribution >= 0.6 is 15.9 Å². The molecule has 2 heteroatoms. The van der Waals surface area contributed by atoms with E-state index in [1.807, 2.05) is 0 Å². The fourth-order valence-corrected chi connectivity index (χ4v) is 3.61. The maximum Gasteiger partial charge on any atom is -0.00350 e. The Kier molecular flexibility index (Phi) is 2.77. The lowest BCUT2D eigenvalue weighted by Gasteiger charge is -2.26. The van der Waals surface area contributed by atoms with Crippen LogP contribution in [0.1, 0.15) is 25.7 Å². The molecule has 1 nitrogen and oxygen atoms in total. The maximum absolute atomic E-state index is 5.37. The van der Waals surface area contributed by atoms with E-state index in [0.29, 0.717) is 5.92 Å². The van der Waals surface area contributed by atoms with Gasteiger partial charge in [-0.1, -0.05) is 28.1 Å². The number of nitrogens with two attached hydrogens (primary N) is 1. The molecule has 0 aliphatic heterocycles. The summed E-state index contributed by atoms with van der Waals surface area (Å²) >= 11 is 3.69. The van der Waals surface area contributed by atoms with Crippen LogP contribution in [-0.2, 0) is 0 Å². The monoisotopic (exact) mass is 241 g/mol. The van der Waals surface area contributed by atoms with Crippen LogP contribution in [0.4, 0.5) is 0 Å². The molecule has 2 bridgehead atoms. The van der Waals surface area contributed by atoms with Crippen LogP contribution in [0.15, 0.2) is 22.8 Å². The summed E-state index contributed by atoms with van der Waals surface area (Å²) in [6.07, 6.45) is 11.5. The highest BCUT2D eigenvalue weighted by Crippen LogP contribution is 2.47. The van der Waals surface area contributed by atoms with Gasteiger partial charge in [-0.3, -0.25) is 0 Å². The van der Waals surface area contributed by atoms with Crippen LogP contribution < -0.4 is 5.73 Å². The predicted molar refractivity (Wildman–Crippen MR) is 59.3 cm³/mol. The molecular formula is C11H16BrN. The second-order valence-corrected chi connectivity index (χ2v) is 5.07. The molecule has 2 N–H and O–H groups in total. The summed E-state index contributed by atoms with van der Waals surface area (Å²) < 4.78 is 1.42. The highest BCUT2D eigenvalue weighted by Gasteiger charge is 2.34. The lowest BCUT2D eigenvalue weighted by molar-refractivity contribution is 0.381. The Balaban J connectivity index is 2.08. The van der Waals surface area contributed by atoms with Crippen molar-refractivity contribution in [2.24, 2.45) is 23.5 Å². The molecular weight excluding hydrogens is 226 g/mol. The molecule has 0 radical (unpaired) electrons. The van der Waals surface area contributed by atoms with E-state index in [4.69, 9.17) is 5.73 Å². The lowest BCUT2D eigenvalue weighted by Crippen LogP contribution is -2.15. The van der Waals surface area contributed by atoms with Gasteiger partial charge in [-0.15, -0.1) is 0 Å². The normalized spacial score (nSPS) is 38.2. The Bertz CT molecular complexity index is 244. The van der Waals surface area contributed by atoms with Crippen LogP contribution in [0.5, 0.6) is 0 Å². The first kappa shape index (κ1) is 9.32. The first-order chi connectivity index (χ1) is 6.31. The molecule has 0 aromatic heterocycles. The van der Waals surface area contributed by atoms with Crippen LogP contribution in [0.3, 0.4) is 0 Å². The van der Waals surface area contributed by atoms with E-state index in [2.05, 4.69) is 28.1 Å². The zero-order chi connectivity index (χ0) is 9.26. The third-order valence-electron chi connectivity index (χ3n) is 3.36. The third kappa shape index (κ3) is 1.83. The molecule has 0 spiro atoms. The average molecular weight is 242 g/mol. The van der Waals surface area contributed by atoms with Crippen molar-refractivity contribution in [1.82, 2.24) is 0 Å². The Morgan fingerprint density at radius 3 is 3.15 bits per heavy atom. The van der Waals surface area contributed by atoms with Gasteiger partial charge in [-0.2, -0.15) is 0 Å². The minimum atomic E-state index is 0.707. The Morgan fingerprint density at radius 1 is 1.54 bits per heavy atom. The standard InChI is InChI=1S/C11H16BrN/c12-11-7-8-3-4-9(6-8)10(11)2-1-5-13/h1,5,7-10H,2-4,6,13H2/b5-1+. The molecule has 0 saturated heterocycles. The lowest BCUT2D eigenvalue weighted by atomic mass is 9.83. The largest absolute Gasteiger partial charge is 0.405 e. The molecule has 2 aliphatic rings. The Morgan fingerprint density at radius 2 is 2.38 bits per heavy atom. The van der Waals surface area contributed by atoms with Crippen LogP contribution in [0.2, 0.25) is 0 Å². The van der Waals surface area contributed by atoms with Gasteiger partial charge in [0.25, 0.3) is 0 Å². The third-order valence-corrected chi connectivity index (χ3v) is 4.21. The number of allylic oxidation sites excluding steroid dienone is 3. The molecule has 2 aliphatic carbocycles. The van der Waals surface area contributed by atoms with E-state index < -0.39 is 0 Å². The molecule has 1 fully saturated rings. The molecule has 1 saturated carbocycles. The Hall–Kier alpha value is -0.240. The number of halogens is 1. The first-order valence-corrected chi connectivity index (χ1v) is 5.84. The van der Waals surface area contributed by atoms with Gasteiger partial charge in [0, 0.05) is 0 Å². The van der Waals surface area contributed by atoms with Gasteiger partial charge in [-0.05, 0) is 54.1 Å². The van der Waals surface area contributed by atoms with Crippen molar-refractivity contribution in [3.8, 4) is 0 Å². The summed E-state index contributed by atoms with van der Waals surface area (Å²) in [5.41, 5.74) is 5.37. The highest BCUT2D eigenvalue weighted by atomic mass is 79.9. The summed E-state index contributed by atoms with van der Waals surface area (Å²) in [7, 11) is 0. The average Bonchev–Trinajstić information content (AvgIpc) is 2.49.